The molecule has 0 bridgehead atoms. The summed E-state index contributed by atoms with van der Waals surface area (Å²) in [5.41, 5.74) is 1.37. The molecule has 7 heteroatoms. The molecule has 6 nitrogen and oxygen atoms in total. The van der Waals surface area contributed by atoms with E-state index in [2.05, 4.69) is 47.5 Å². The first kappa shape index (κ1) is 17.9. The van der Waals surface area contributed by atoms with E-state index in [1.807, 2.05) is 23.4 Å². The van der Waals surface area contributed by atoms with E-state index in [1.54, 1.807) is 4.90 Å². The minimum absolute atomic E-state index is 0.192. The van der Waals surface area contributed by atoms with Crippen molar-refractivity contribution in [1.29, 1.82) is 0 Å². The molecule has 2 aromatic rings. The highest BCUT2D eigenvalue weighted by molar-refractivity contribution is 7.99. The maximum Gasteiger partial charge on any atom is 0.233 e. The first-order chi connectivity index (χ1) is 12.1. The number of amides is 1. The third-order valence-electron chi connectivity index (χ3n) is 5.05. The average Bonchev–Trinajstić information content (AvgIpc) is 2.98. The van der Waals surface area contributed by atoms with Crippen molar-refractivity contribution in [3.63, 3.8) is 0 Å². The highest BCUT2D eigenvalue weighted by Gasteiger charge is 2.27. The molecule has 0 saturated carbocycles. The van der Waals surface area contributed by atoms with Crippen molar-refractivity contribution in [2.24, 2.45) is 7.05 Å². The number of carbonyl (C=O) groups is 1. The van der Waals surface area contributed by atoms with Crippen LogP contribution in [0, 0.1) is 6.92 Å². The van der Waals surface area contributed by atoms with Gasteiger partial charge in [-0.05, 0) is 13.8 Å². The van der Waals surface area contributed by atoms with Gasteiger partial charge in [-0.3, -0.25) is 4.79 Å². The Morgan fingerprint density at radius 2 is 1.92 bits per heavy atom. The number of rotatable bonds is 5. The second kappa shape index (κ2) is 8.01. The van der Waals surface area contributed by atoms with Gasteiger partial charge in [0.2, 0.25) is 5.91 Å². The highest BCUT2D eigenvalue weighted by Crippen LogP contribution is 2.16. The number of aromatic nitrogens is 3. The molecule has 0 radical (unpaired) electrons. The molecular formula is C18H26N5OS+. The Bertz CT molecular complexity index is 710. The summed E-state index contributed by atoms with van der Waals surface area (Å²) < 4.78 is 1.92. The second-order valence-electron chi connectivity index (χ2n) is 6.55. The largest absolute Gasteiger partial charge is 0.331 e. The van der Waals surface area contributed by atoms with Crippen molar-refractivity contribution < 1.29 is 9.69 Å². The predicted octanol–water partition coefficient (Wildman–Crippen LogP) is 0.704. The van der Waals surface area contributed by atoms with Crippen LogP contribution in [0.3, 0.4) is 0 Å². The van der Waals surface area contributed by atoms with Crippen LogP contribution in [0.25, 0.3) is 0 Å². The molecule has 3 rings (SSSR count). The smallest absolute Gasteiger partial charge is 0.233 e. The zero-order valence-electron chi connectivity index (χ0n) is 15.1. The van der Waals surface area contributed by atoms with Crippen LogP contribution in [-0.2, 0) is 11.8 Å². The van der Waals surface area contributed by atoms with Crippen molar-refractivity contribution in [2.45, 2.75) is 25.0 Å². The van der Waals surface area contributed by atoms with E-state index < -0.39 is 0 Å². The summed E-state index contributed by atoms with van der Waals surface area (Å²) in [4.78, 5) is 16.0. The molecule has 1 amide bonds. The summed E-state index contributed by atoms with van der Waals surface area (Å²) in [6, 6.07) is 11.1. The molecule has 1 N–H and O–H groups in total. The molecule has 0 unspecified atom stereocenters. The third kappa shape index (κ3) is 4.22. The van der Waals surface area contributed by atoms with Crippen LogP contribution in [0.4, 0.5) is 0 Å². The molecule has 25 heavy (non-hydrogen) atoms. The van der Waals surface area contributed by atoms with E-state index >= 15 is 0 Å². The van der Waals surface area contributed by atoms with Gasteiger partial charge >= 0.3 is 0 Å². The summed E-state index contributed by atoms with van der Waals surface area (Å²) in [7, 11) is 1.93. The summed E-state index contributed by atoms with van der Waals surface area (Å²) in [5.74, 6) is 1.48. The molecule has 0 aliphatic carbocycles. The number of nitrogens with one attached hydrogen (secondary N) is 1. The number of thioether (sulfide) groups is 1. The normalized spacial score (nSPS) is 16.8. The molecule has 1 aliphatic heterocycles. The summed E-state index contributed by atoms with van der Waals surface area (Å²) >= 11 is 1.46. The Balaban J connectivity index is 1.48. The summed E-state index contributed by atoms with van der Waals surface area (Å²) in [6.45, 7) is 7.82. The number of quaternary nitrogens is 1. The van der Waals surface area contributed by atoms with Gasteiger partial charge in [0, 0.05) is 12.6 Å². The van der Waals surface area contributed by atoms with Gasteiger partial charge in [0.05, 0.1) is 31.9 Å². The fourth-order valence-corrected chi connectivity index (χ4v) is 4.04. The number of hydrogen-bond acceptors (Lipinski definition) is 4. The van der Waals surface area contributed by atoms with Crippen molar-refractivity contribution in [1.82, 2.24) is 19.7 Å². The van der Waals surface area contributed by atoms with Crippen molar-refractivity contribution >= 4 is 17.7 Å². The number of nitrogens with zero attached hydrogens (tertiary/aromatic N) is 4. The van der Waals surface area contributed by atoms with Gasteiger partial charge in [-0.15, -0.1) is 10.2 Å². The maximum absolute atomic E-state index is 12.5. The predicted molar refractivity (Wildman–Crippen MR) is 98.6 cm³/mol. The Morgan fingerprint density at radius 3 is 2.52 bits per heavy atom. The van der Waals surface area contributed by atoms with Crippen LogP contribution in [0.2, 0.25) is 0 Å². The summed E-state index contributed by atoms with van der Waals surface area (Å²) in [5, 5.41) is 8.93. The fraction of sp³-hybridized carbons (Fsp3) is 0.500. The van der Waals surface area contributed by atoms with Gasteiger partial charge in [-0.25, -0.2) is 0 Å². The minimum Gasteiger partial charge on any atom is -0.331 e. The van der Waals surface area contributed by atoms with E-state index in [0.717, 1.165) is 37.2 Å². The van der Waals surface area contributed by atoms with E-state index in [4.69, 9.17) is 0 Å². The molecular weight excluding hydrogens is 334 g/mol. The Labute approximate surface area is 153 Å². The lowest BCUT2D eigenvalue weighted by Crippen LogP contribution is -3.14. The van der Waals surface area contributed by atoms with Gasteiger partial charge in [0.25, 0.3) is 0 Å². The van der Waals surface area contributed by atoms with Gasteiger partial charge in [-0.2, -0.15) is 0 Å². The molecule has 2 heterocycles. The van der Waals surface area contributed by atoms with Crippen molar-refractivity contribution in [3.8, 4) is 0 Å². The van der Waals surface area contributed by atoms with Crippen LogP contribution in [0.1, 0.15) is 24.4 Å². The average molecular weight is 361 g/mol. The second-order valence-corrected chi connectivity index (χ2v) is 7.49. The Kier molecular flexibility index (Phi) is 5.75. The van der Waals surface area contributed by atoms with Gasteiger partial charge in [0.15, 0.2) is 5.16 Å². The number of carbonyl (C=O) groups excluding carboxylic acids is 1. The van der Waals surface area contributed by atoms with E-state index in [-0.39, 0.29) is 5.91 Å². The third-order valence-corrected chi connectivity index (χ3v) is 6.05. The fourth-order valence-electron chi connectivity index (χ4n) is 3.18. The van der Waals surface area contributed by atoms with E-state index in [9.17, 15) is 4.79 Å². The SMILES string of the molecule is Cc1nnc(SCC(=O)N2CC[NH+]([C@@H](C)c3ccccc3)CC2)n1C. The minimum atomic E-state index is 0.192. The molecule has 1 aliphatic rings. The molecule has 1 fully saturated rings. The lowest BCUT2D eigenvalue weighted by atomic mass is 10.1. The molecule has 1 saturated heterocycles. The maximum atomic E-state index is 12.5. The Hall–Kier alpha value is -1.86. The molecule has 1 atom stereocenters. The van der Waals surface area contributed by atoms with Crippen molar-refractivity contribution in [3.05, 3.63) is 41.7 Å². The molecule has 134 valence electrons. The van der Waals surface area contributed by atoms with Crippen LogP contribution in [-0.4, -0.2) is 57.5 Å². The van der Waals surface area contributed by atoms with Crippen LogP contribution in [0.15, 0.2) is 35.5 Å². The van der Waals surface area contributed by atoms with E-state index in [0.29, 0.717) is 11.8 Å². The van der Waals surface area contributed by atoms with Gasteiger partial charge in [-0.1, -0.05) is 42.1 Å². The first-order valence-electron chi connectivity index (χ1n) is 8.72. The Morgan fingerprint density at radius 1 is 1.24 bits per heavy atom. The monoisotopic (exact) mass is 360 g/mol. The number of benzene rings is 1. The first-order valence-corrected chi connectivity index (χ1v) is 9.71. The number of piperazine rings is 1. The van der Waals surface area contributed by atoms with Crippen LogP contribution in [0.5, 0.6) is 0 Å². The quantitative estimate of drug-likeness (QED) is 0.798. The topological polar surface area (TPSA) is 55.5 Å². The van der Waals surface area contributed by atoms with Crippen LogP contribution < -0.4 is 4.90 Å². The standard InChI is InChI=1S/C18H25N5OS/c1-14(16-7-5-4-6-8-16)22-9-11-23(12-10-22)17(24)13-25-18-20-19-15(2)21(18)3/h4-8,14H,9-13H2,1-3H3/p+1/t14-/m0/s1. The zero-order valence-corrected chi connectivity index (χ0v) is 15.9. The van der Waals surface area contributed by atoms with E-state index in [1.165, 1.54) is 17.3 Å². The number of aryl methyl sites for hydroxylation is 1. The number of hydrogen-bond donors (Lipinski definition) is 1. The van der Waals surface area contributed by atoms with Crippen molar-refractivity contribution in [2.75, 3.05) is 31.9 Å². The lowest BCUT2D eigenvalue weighted by molar-refractivity contribution is -0.933. The van der Waals surface area contributed by atoms with Crippen LogP contribution >= 0.6 is 11.8 Å². The summed E-state index contributed by atoms with van der Waals surface area (Å²) in [6.07, 6.45) is 0. The molecule has 0 spiro atoms. The lowest BCUT2D eigenvalue weighted by Gasteiger charge is -2.35. The van der Waals surface area contributed by atoms with Gasteiger partial charge in [0.1, 0.15) is 11.9 Å². The zero-order chi connectivity index (χ0) is 17.8. The molecule has 1 aromatic carbocycles. The highest BCUT2D eigenvalue weighted by atomic mass is 32.2. The molecule has 1 aromatic heterocycles. The van der Waals surface area contributed by atoms with Gasteiger partial charge < -0.3 is 14.4 Å².